The molecule has 4 aromatic rings. The van der Waals surface area contributed by atoms with Gasteiger partial charge >= 0.3 is 0 Å². The molecule has 1 amide bonds. The molecule has 0 aliphatic heterocycles. The number of imidazole rings is 1. The van der Waals surface area contributed by atoms with Gasteiger partial charge < -0.3 is 9.47 Å². The minimum Gasteiger partial charge on any atom is -0.337 e. The van der Waals surface area contributed by atoms with E-state index in [1.54, 1.807) is 18.3 Å². The first-order valence-corrected chi connectivity index (χ1v) is 13.0. The molecule has 37 heavy (non-hydrogen) atoms. The number of aromatic nitrogens is 2. The van der Waals surface area contributed by atoms with Gasteiger partial charge in [-0.2, -0.15) is 0 Å². The second-order valence-electron chi connectivity index (χ2n) is 10.1. The summed E-state index contributed by atoms with van der Waals surface area (Å²) in [6.07, 6.45) is 6.51. The maximum absolute atomic E-state index is 13.4. The van der Waals surface area contributed by atoms with Crippen molar-refractivity contribution < 1.29 is 9.18 Å². The number of anilines is 1. The number of benzene rings is 3. The maximum Gasteiger partial charge on any atom is 0.228 e. The minimum atomic E-state index is -0.171. The Morgan fingerprint density at radius 1 is 1.11 bits per heavy atom. The zero-order valence-corrected chi connectivity index (χ0v) is 22.2. The van der Waals surface area contributed by atoms with Crippen LogP contribution in [-0.2, 0) is 24.8 Å². The van der Waals surface area contributed by atoms with E-state index >= 15 is 0 Å². The maximum atomic E-state index is 13.4. The van der Waals surface area contributed by atoms with Gasteiger partial charge in [-0.3, -0.25) is 4.79 Å². The number of carbonyl (C=O) groups is 1. The molecule has 3 aromatic carbocycles. The second kappa shape index (κ2) is 12.0. The van der Waals surface area contributed by atoms with E-state index in [-0.39, 0.29) is 17.6 Å². The summed E-state index contributed by atoms with van der Waals surface area (Å²) in [6, 6.07) is 23.2. The molecule has 0 saturated carbocycles. The molecule has 0 unspecified atom stereocenters. The molecule has 192 valence electrons. The predicted molar refractivity (Wildman–Crippen MR) is 148 cm³/mol. The van der Waals surface area contributed by atoms with Crippen molar-refractivity contribution in [3.05, 3.63) is 119 Å². The van der Waals surface area contributed by atoms with Crippen LogP contribution in [0.4, 0.5) is 10.1 Å². The molecule has 4 nitrogen and oxygen atoms in total. The summed E-state index contributed by atoms with van der Waals surface area (Å²) in [5, 5.41) is 0. The molecule has 1 aromatic heterocycles. The number of hydrogen-bond donors (Lipinski definition) is 0. The number of fused-ring (bicyclic) bond motifs is 1. The Labute approximate surface area is 219 Å². The van der Waals surface area contributed by atoms with Crippen molar-refractivity contribution in [1.82, 2.24) is 9.55 Å². The average molecular weight is 498 g/mol. The summed E-state index contributed by atoms with van der Waals surface area (Å²) in [6.45, 7) is 6.81. The van der Waals surface area contributed by atoms with Gasteiger partial charge in [-0.1, -0.05) is 67.9 Å². The first-order chi connectivity index (χ1) is 17.8. The highest BCUT2D eigenvalue weighted by Crippen LogP contribution is 2.36. The zero-order valence-electron chi connectivity index (χ0n) is 22.2. The van der Waals surface area contributed by atoms with Crippen molar-refractivity contribution in [3.63, 3.8) is 0 Å². The summed E-state index contributed by atoms with van der Waals surface area (Å²) in [5.74, 6) is 1.57. The van der Waals surface area contributed by atoms with Crippen molar-refractivity contribution in [2.24, 2.45) is 7.05 Å². The number of hydrogen-bond acceptors (Lipinski definition) is 2. The lowest BCUT2D eigenvalue weighted by molar-refractivity contribution is -0.119. The normalized spacial score (nSPS) is 14.9. The van der Waals surface area contributed by atoms with E-state index < -0.39 is 0 Å². The van der Waals surface area contributed by atoms with Crippen molar-refractivity contribution in [3.8, 4) is 0 Å². The number of rotatable bonds is 6. The molecule has 1 heterocycles. The van der Waals surface area contributed by atoms with Gasteiger partial charge in [-0.05, 0) is 72.6 Å². The molecule has 0 spiro atoms. The first kappa shape index (κ1) is 26.3. The third-order valence-electron chi connectivity index (χ3n) is 7.20. The van der Waals surface area contributed by atoms with E-state index in [0.717, 1.165) is 23.5 Å². The van der Waals surface area contributed by atoms with Gasteiger partial charge in [0.25, 0.3) is 0 Å². The van der Waals surface area contributed by atoms with Crippen molar-refractivity contribution in [1.29, 1.82) is 0 Å². The number of halogens is 1. The van der Waals surface area contributed by atoms with Crippen LogP contribution < -0.4 is 4.90 Å². The third kappa shape index (κ3) is 6.73. The standard InChI is InChI=1S/C25H29N3O.C7H7F/c1-18-9-10-21-11-12-22(16-23(18)21)28(17-24-26-13-14-27(24)3)25(29)15-19(2)20-7-5-4-6-8-20;1-6-2-4-7(8)5-3-6/h4-8,11-14,16,18-19H,9-10,15,17H2,1-3H3;2-5H,1H3/t18-,19+;/m0./s1. The molecule has 0 radical (unpaired) electrons. The molecule has 5 rings (SSSR count). The number of aryl methyl sites for hydroxylation is 3. The SMILES string of the molecule is C[C@H](CC(=O)N(Cc1nccn1C)c1ccc2c(c1)[C@@H](C)CC2)c1ccccc1.Cc1ccc(F)cc1. The van der Waals surface area contributed by atoms with Gasteiger partial charge in [0.15, 0.2) is 0 Å². The van der Waals surface area contributed by atoms with E-state index in [9.17, 15) is 9.18 Å². The zero-order chi connectivity index (χ0) is 26.4. The van der Waals surface area contributed by atoms with Gasteiger partial charge in [0.1, 0.15) is 11.6 Å². The molecule has 5 heteroatoms. The molecule has 0 saturated heterocycles. The van der Waals surface area contributed by atoms with E-state index in [2.05, 4.69) is 49.2 Å². The van der Waals surface area contributed by atoms with Gasteiger partial charge in [-0.25, -0.2) is 9.37 Å². The fourth-order valence-electron chi connectivity index (χ4n) is 4.78. The van der Waals surface area contributed by atoms with Gasteiger partial charge in [0.2, 0.25) is 5.91 Å². The van der Waals surface area contributed by atoms with Crippen LogP contribution in [0.2, 0.25) is 0 Å². The van der Waals surface area contributed by atoms with Gasteiger partial charge in [-0.15, -0.1) is 0 Å². The van der Waals surface area contributed by atoms with Gasteiger partial charge in [0, 0.05) is 31.5 Å². The summed E-state index contributed by atoms with van der Waals surface area (Å²) >= 11 is 0. The largest absolute Gasteiger partial charge is 0.337 e. The summed E-state index contributed by atoms with van der Waals surface area (Å²) in [4.78, 5) is 19.8. The van der Waals surface area contributed by atoms with Crippen LogP contribution >= 0.6 is 0 Å². The van der Waals surface area contributed by atoms with Crippen LogP contribution in [0.3, 0.4) is 0 Å². The molecular formula is C32H36FN3O. The predicted octanol–water partition coefficient (Wildman–Crippen LogP) is 7.33. The first-order valence-electron chi connectivity index (χ1n) is 13.0. The van der Waals surface area contributed by atoms with Crippen molar-refractivity contribution in [2.75, 3.05) is 4.90 Å². The van der Waals surface area contributed by atoms with Crippen LogP contribution in [0.1, 0.15) is 66.6 Å². The summed E-state index contributed by atoms with van der Waals surface area (Å²) in [7, 11) is 1.97. The van der Waals surface area contributed by atoms with E-state index in [1.807, 2.05) is 47.8 Å². The van der Waals surface area contributed by atoms with Crippen LogP contribution in [0, 0.1) is 12.7 Å². The van der Waals surface area contributed by atoms with Crippen molar-refractivity contribution in [2.45, 2.75) is 58.4 Å². The number of carbonyl (C=O) groups excluding carboxylic acids is 1. The van der Waals surface area contributed by atoms with E-state index in [4.69, 9.17) is 0 Å². The average Bonchev–Trinajstić information content (AvgIpc) is 3.49. The molecule has 1 aliphatic carbocycles. The van der Waals surface area contributed by atoms with Crippen LogP contribution in [0.25, 0.3) is 0 Å². The van der Waals surface area contributed by atoms with E-state index in [0.29, 0.717) is 18.9 Å². The molecule has 0 fully saturated rings. The molecule has 2 atom stereocenters. The third-order valence-corrected chi connectivity index (χ3v) is 7.20. The lowest BCUT2D eigenvalue weighted by Crippen LogP contribution is -2.32. The highest BCUT2D eigenvalue weighted by molar-refractivity contribution is 5.93. The van der Waals surface area contributed by atoms with Crippen LogP contribution in [0.15, 0.2) is 85.2 Å². The molecular weight excluding hydrogens is 461 g/mol. The monoisotopic (exact) mass is 497 g/mol. The fraction of sp³-hybridized carbons (Fsp3) is 0.312. The number of nitrogens with zero attached hydrogens (tertiary/aromatic N) is 3. The smallest absolute Gasteiger partial charge is 0.228 e. The Bertz CT molecular complexity index is 1290. The summed E-state index contributed by atoms with van der Waals surface area (Å²) < 4.78 is 14.1. The van der Waals surface area contributed by atoms with Crippen molar-refractivity contribution >= 4 is 11.6 Å². The van der Waals surface area contributed by atoms with Gasteiger partial charge in [0.05, 0.1) is 6.54 Å². The highest BCUT2D eigenvalue weighted by atomic mass is 19.1. The Morgan fingerprint density at radius 3 is 2.49 bits per heavy atom. The quantitative estimate of drug-likeness (QED) is 0.280. The Morgan fingerprint density at radius 2 is 1.84 bits per heavy atom. The lowest BCUT2D eigenvalue weighted by Gasteiger charge is -2.25. The summed E-state index contributed by atoms with van der Waals surface area (Å²) in [5.41, 5.74) is 6.07. The Hall–Kier alpha value is -3.73. The fourth-order valence-corrected chi connectivity index (χ4v) is 4.78. The molecule has 0 bridgehead atoms. The minimum absolute atomic E-state index is 0.134. The molecule has 0 N–H and O–H groups in total. The second-order valence-corrected chi connectivity index (χ2v) is 10.1. The van der Waals surface area contributed by atoms with Crippen LogP contribution in [-0.4, -0.2) is 15.5 Å². The lowest BCUT2D eigenvalue weighted by atomic mass is 9.97. The van der Waals surface area contributed by atoms with Crippen LogP contribution in [0.5, 0.6) is 0 Å². The Balaban J connectivity index is 0.000000342. The number of amides is 1. The molecule has 1 aliphatic rings. The topological polar surface area (TPSA) is 38.1 Å². The van der Waals surface area contributed by atoms with E-state index in [1.165, 1.54) is 35.2 Å². The Kier molecular flexibility index (Phi) is 8.54. The highest BCUT2D eigenvalue weighted by Gasteiger charge is 2.24.